The molecule has 0 unspecified atom stereocenters. The number of halogens is 1. The van der Waals surface area contributed by atoms with Gasteiger partial charge in [0.2, 0.25) is 15.9 Å². The zero-order valence-corrected chi connectivity index (χ0v) is 18.4. The molecule has 0 heterocycles. The molecule has 0 bridgehead atoms. The molecule has 28 heavy (non-hydrogen) atoms. The number of carbonyl (C=O) groups is 1. The monoisotopic (exact) mass is 440 g/mol. The smallest absolute Gasteiger partial charge is 0.232 e. The molecule has 1 N–H and O–H groups in total. The number of rotatable bonds is 10. The van der Waals surface area contributed by atoms with E-state index in [-0.39, 0.29) is 18.9 Å². The summed E-state index contributed by atoms with van der Waals surface area (Å²) in [4.78, 5) is 13.2. The molecule has 0 saturated carbocycles. The van der Waals surface area contributed by atoms with Crippen molar-refractivity contribution in [2.24, 2.45) is 0 Å². The van der Waals surface area contributed by atoms with E-state index in [0.29, 0.717) is 23.7 Å². The molecule has 2 rings (SSSR count). The van der Waals surface area contributed by atoms with E-state index >= 15 is 0 Å². The molecular weight excluding hydrogens is 416 g/mol. The molecule has 152 valence electrons. The van der Waals surface area contributed by atoms with Crippen LogP contribution in [-0.4, -0.2) is 39.4 Å². The van der Waals surface area contributed by atoms with Crippen molar-refractivity contribution in [3.05, 3.63) is 59.1 Å². The largest absolute Gasteiger partial charge is 0.355 e. The Kier molecular flexibility index (Phi) is 8.66. The van der Waals surface area contributed by atoms with Gasteiger partial charge in [-0.1, -0.05) is 35.9 Å². The van der Waals surface area contributed by atoms with E-state index in [9.17, 15) is 13.2 Å². The van der Waals surface area contributed by atoms with Gasteiger partial charge in [0.05, 0.1) is 11.9 Å². The van der Waals surface area contributed by atoms with E-state index in [4.69, 9.17) is 11.6 Å². The Morgan fingerprint density at radius 1 is 1.18 bits per heavy atom. The third kappa shape index (κ3) is 7.37. The van der Waals surface area contributed by atoms with Crippen molar-refractivity contribution >= 4 is 45.0 Å². The predicted molar refractivity (Wildman–Crippen MR) is 118 cm³/mol. The van der Waals surface area contributed by atoms with Crippen molar-refractivity contribution in [2.45, 2.75) is 24.7 Å². The van der Waals surface area contributed by atoms with Crippen LogP contribution in [0, 0.1) is 6.92 Å². The molecule has 0 spiro atoms. The number of anilines is 1. The number of nitrogens with zero attached hydrogens (tertiary/aromatic N) is 1. The summed E-state index contributed by atoms with van der Waals surface area (Å²) in [5, 5.41) is 3.35. The van der Waals surface area contributed by atoms with Gasteiger partial charge in [0.1, 0.15) is 0 Å². The fourth-order valence-corrected chi connectivity index (χ4v) is 4.63. The van der Waals surface area contributed by atoms with Crippen LogP contribution in [0.3, 0.4) is 0 Å². The van der Waals surface area contributed by atoms with Crippen LogP contribution in [0.4, 0.5) is 5.69 Å². The summed E-state index contributed by atoms with van der Waals surface area (Å²) in [7, 11) is -3.47. The van der Waals surface area contributed by atoms with Crippen molar-refractivity contribution in [1.29, 1.82) is 0 Å². The molecule has 1 amide bonds. The van der Waals surface area contributed by atoms with Crippen LogP contribution < -0.4 is 9.62 Å². The summed E-state index contributed by atoms with van der Waals surface area (Å²) in [6, 6.07) is 15.1. The van der Waals surface area contributed by atoms with Gasteiger partial charge in [0.25, 0.3) is 0 Å². The molecule has 0 aliphatic carbocycles. The first kappa shape index (κ1) is 22.6. The highest BCUT2D eigenvalue weighted by molar-refractivity contribution is 7.99. The zero-order valence-electron chi connectivity index (χ0n) is 16.0. The second-order valence-electron chi connectivity index (χ2n) is 6.38. The molecule has 0 radical (unpaired) electrons. The summed E-state index contributed by atoms with van der Waals surface area (Å²) in [5.74, 6) is 0.706. The van der Waals surface area contributed by atoms with Crippen molar-refractivity contribution in [2.75, 3.05) is 29.4 Å². The summed E-state index contributed by atoms with van der Waals surface area (Å²) >= 11 is 7.70. The van der Waals surface area contributed by atoms with E-state index in [1.54, 1.807) is 30.0 Å². The molecule has 5 nitrogen and oxygen atoms in total. The molecule has 0 saturated heterocycles. The Labute approximate surface area is 176 Å². The average Bonchev–Trinajstić information content (AvgIpc) is 2.64. The average molecular weight is 441 g/mol. The molecule has 2 aromatic rings. The first-order valence-corrected chi connectivity index (χ1v) is 12.2. The summed E-state index contributed by atoms with van der Waals surface area (Å²) in [6.45, 7) is 2.63. The quantitative estimate of drug-likeness (QED) is 0.446. The van der Waals surface area contributed by atoms with E-state index in [0.717, 1.165) is 22.5 Å². The van der Waals surface area contributed by atoms with Gasteiger partial charge in [-0.15, -0.1) is 11.8 Å². The molecule has 0 aliphatic heterocycles. The summed E-state index contributed by atoms with van der Waals surface area (Å²) < 4.78 is 25.7. The van der Waals surface area contributed by atoms with Crippen LogP contribution in [-0.2, 0) is 14.8 Å². The number of thioether (sulfide) groups is 1. The highest BCUT2D eigenvalue weighted by Gasteiger charge is 2.19. The Hall–Kier alpha value is -1.70. The van der Waals surface area contributed by atoms with E-state index in [1.165, 1.54) is 4.31 Å². The highest BCUT2D eigenvalue weighted by atomic mass is 35.5. The molecule has 0 aromatic heterocycles. The minimum absolute atomic E-state index is 0.0788. The lowest BCUT2D eigenvalue weighted by Crippen LogP contribution is -2.33. The first-order valence-electron chi connectivity index (χ1n) is 8.96. The van der Waals surface area contributed by atoms with Crippen LogP contribution in [0.25, 0.3) is 0 Å². The topological polar surface area (TPSA) is 66.5 Å². The maximum Gasteiger partial charge on any atom is 0.232 e. The molecule has 0 aliphatic rings. The van der Waals surface area contributed by atoms with Gasteiger partial charge in [0.15, 0.2) is 0 Å². The standard InChI is InChI=1S/C20H25ClN2O3S2/c1-16-10-11-17(21)15-19(16)23(28(2,25)26)13-6-9-20(24)22-12-14-27-18-7-4-3-5-8-18/h3-5,7-8,10-11,15H,6,9,12-14H2,1-2H3,(H,22,24). The van der Waals surface area contributed by atoms with Gasteiger partial charge in [-0.3, -0.25) is 9.10 Å². The summed E-state index contributed by atoms with van der Waals surface area (Å²) in [6.07, 6.45) is 1.85. The number of carbonyl (C=O) groups excluding carboxylic acids is 1. The second kappa shape index (κ2) is 10.7. The fourth-order valence-electron chi connectivity index (χ4n) is 2.66. The number of aryl methyl sites for hydroxylation is 1. The second-order valence-corrected chi connectivity index (χ2v) is 9.89. The van der Waals surface area contributed by atoms with Gasteiger partial charge < -0.3 is 5.32 Å². The van der Waals surface area contributed by atoms with Crippen LogP contribution >= 0.6 is 23.4 Å². The number of benzene rings is 2. The maximum atomic E-state index is 12.2. The lowest BCUT2D eigenvalue weighted by molar-refractivity contribution is -0.121. The zero-order chi connectivity index (χ0) is 20.6. The molecule has 0 fully saturated rings. The normalized spacial score (nSPS) is 11.2. The minimum atomic E-state index is -3.47. The van der Waals surface area contributed by atoms with Gasteiger partial charge in [0, 0.05) is 35.2 Å². The Morgan fingerprint density at radius 3 is 2.57 bits per heavy atom. The van der Waals surface area contributed by atoms with Crippen molar-refractivity contribution in [1.82, 2.24) is 5.32 Å². The Morgan fingerprint density at radius 2 is 1.89 bits per heavy atom. The third-order valence-corrected chi connectivity index (χ3v) is 6.47. The van der Waals surface area contributed by atoms with Crippen molar-refractivity contribution < 1.29 is 13.2 Å². The van der Waals surface area contributed by atoms with E-state index in [1.807, 2.05) is 37.3 Å². The third-order valence-electron chi connectivity index (χ3n) is 4.04. The van der Waals surface area contributed by atoms with Crippen LogP contribution in [0.1, 0.15) is 18.4 Å². The Balaban J connectivity index is 1.80. The summed E-state index contributed by atoms with van der Waals surface area (Å²) in [5.41, 5.74) is 1.37. The lowest BCUT2D eigenvalue weighted by Gasteiger charge is -2.24. The first-order chi connectivity index (χ1) is 13.3. The van der Waals surface area contributed by atoms with Crippen molar-refractivity contribution in [3.8, 4) is 0 Å². The van der Waals surface area contributed by atoms with Crippen molar-refractivity contribution in [3.63, 3.8) is 0 Å². The fraction of sp³-hybridized carbons (Fsp3) is 0.350. The van der Waals surface area contributed by atoms with Gasteiger partial charge >= 0.3 is 0 Å². The van der Waals surface area contributed by atoms with Crippen LogP contribution in [0.15, 0.2) is 53.4 Å². The highest BCUT2D eigenvalue weighted by Crippen LogP contribution is 2.26. The lowest BCUT2D eigenvalue weighted by atomic mass is 10.2. The maximum absolute atomic E-state index is 12.2. The molecule has 8 heteroatoms. The van der Waals surface area contributed by atoms with Gasteiger partial charge in [-0.2, -0.15) is 0 Å². The molecule has 0 atom stereocenters. The number of hydrogen-bond donors (Lipinski definition) is 1. The van der Waals surface area contributed by atoms with Crippen LogP contribution in [0.5, 0.6) is 0 Å². The number of amides is 1. The minimum Gasteiger partial charge on any atom is -0.355 e. The van der Waals surface area contributed by atoms with E-state index < -0.39 is 10.0 Å². The number of sulfonamides is 1. The van der Waals surface area contributed by atoms with Gasteiger partial charge in [-0.05, 0) is 43.2 Å². The predicted octanol–water partition coefficient (Wildman–Crippen LogP) is 4.10. The van der Waals surface area contributed by atoms with Gasteiger partial charge in [-0.25, -0.2) is 8.42 Å². The molecular formula is C20H25ClN2O3S2. The molecule has 2 aromatic carbocycles. The Bertz CT molecular complexity index is 890. The van der Waals surface area contributed by atoms with Crippen LogP contribution in [0.2, 0.25) is 5.02 Å². The van der Waals surface area contributed by atoms with E-state index in [2.05, 4.69) is 5.32 Å². The number of hydrogen-bond acceptors (Lipinski definition) is 4. The number of nitrogens with one attached hydrogen (secondary N) is 1. The SMILES string of the molecule is Cc1ccc(Cl)cc1N(CCCC(=O)NCCSc1ccccc1)S(C)(=O)=O.